The third-order valence-corrected chi connectivity index (χ3v) is 4.37. The summed E-state index contributed by atoms with van der Waals surface area (Å²) in [6, 6.07) is 14.2. The van der Waals surface area contributed by atoms with E-state index < -0.39 is 18.5 Å². The molecule has 7 nitrogen and oxygen atoms in total. The molecule has 2 rings (SSSR count). The van der Waals surface area contributed by atoms with Gasteiger partial charge in [0.05, 0.1) is 13.0 Å². The average molecular weight is 412 g/mol. The van der Waals surface area contributed by atoms with Crippen LogP contribution in [0.5, 0.6) is 5.75 Å². The summed E-state index contributed by atoms with van der Waals surface area (Å²) in [5.41, 5.74) is 2.02. The molecule has 2 aromatic carbocycles. The SMILES string of the molecule is CCN(CC)C(=O)c1cccc(NC(=O)COC(=O)CCOc2cccc(C)c2)c1. The Balaban J connectivity index is 1.76. The van der Waals surface area contributed by atoms with Crippen molar-refractivity contribution in [2.24, 2.45) is 0 Å². The molecule has 0 unspecified atom stereocenters. The molecule has 0 atom stereocenters. The zero-order chi connectivity index (χ0) is 21.9. The molecule has 0 aromatic heterocycles. The van der Waals surface area contributed by atoms with Crippen LogP contribution in [0, 0.1) is 6.92 Å². The molecule has 0 aliphatic heterocycles. The molecule has 0 aliphatic rings. The standard InChI is InChI=1S/C23H28N2O5/c1-4-25(5-2)23(28)18-9-7-10-19(15-18)24-21(26)16-30-22(27)12-13-29-20-11-6-8-17(3)14-20/h6-11,14-15H,4-5,12-13,16H2,1-3H3,(H,24,26). The number of benzene rings is 2. The van der Waals surface area contributed by atoms with E-state index in [1.165, 1.54) is 0 Å². The topological polar surface area (TPSA) is 84.9 Å². The highest BCUT2D eigenvalue weighted by molar-refractivity contribution is 5.97. The zero-order valence-electron chi connectivity index (χ0n) is 17.6. The predicted molar refractivity (Wildman–Crippen MR) is 115 cm³/mol. The van der Waals surface area contributed by atoms with E-state index in [0.717, 1.165) is 5.56 Å². The Morgan fingerprint density at radius 2 is 1.73 bits per heavy atom. The molecule has 0 saturated carbocycles. The van der Waals surface area contributed by atoms with Gasteiger partial charge in [0.25, 0.3) is 11.8 Å². The van der Waals surface area contributed by atoms with Crippen molar-refractivity contribution in [2.75, 3.05) is 31.6 Å². The van der Waals surface area contributed by atoms with Gasteiger partial charge in [-0.25, -0.2) is 0 Å². The van der Waals surface area contributed by atoms with Crippen molar-refractivity contribution in [3.8, 4) is 5.75 Å². The molecule has 2 aromatic rings. The van der Waals surface area contributed by atoms with Gasteiger partial charge < -0.3 is 19.7 Å². The number of hydrogen-bond acceptors (Lipinski definition) is 5. The number of carbonyl (C=O) groups excluding carboxylic acids is 3. The van der Waals surface area contributed by atoms with Crippen LogP contribution in [0.25, 0.3) is 0 Å². The molecule has 0 fully saturated rings. The maximum Gasteiger partial charge on any atom is 0.309 e. The first-order chi connectivity index (χ1) is 14.4. The normalized spacial score (nSPS) is 10.2. The second-order valence-corrected chi connectivity index (χ2v) is 6.68. The smallest absolute Gasteiger partial charge is 0.309 e. The number of carbonyl (C=O) groups is 3. The largest absolute Gasteiger partial charge is 0.493 e. The van der Waals surface area contributed by atoms with E-state index in [-0.39, 0.29) is 18.9 Å². The van der Waals surface area contributed by atoms with Gasteiger partial charge >= 0.3 is 5.97 Å². The Morgan fingerprint density at radius 3 is 2.43 bits per heavy atom. The fourth-order valence-electron chi connectivity index (χ4n) is 2.80. The predicted octanol–water partition coefficient (Wildman–Crippen LogP) is 3.43. The number of nitrogens with one attached hydrogen (secondary N) is 1. The van der Waals surface area contributed by atoms with Crippen LogP contribution < -0.4 is 10.1 Å². The van der Waals surface area contributed by atoms with Crippen molar-refractivity contribution in [1.29, 1.82) is 0 Å². The Morgan fingerprint density at radius 1 is 1.00 bits per heavy atom. The monoisotopic (exact) mass is 412 g/mol. The van der Waals surface area contributed by atoms with E-state index in [1.54, 1.807) is 29.2 Å². The summed E-state index contributed by atoms with van der Waals surface area (Å²) >= 11 is 0. The summed E-state index contributed by atoms with van der Waals surface area (Å²) in [5.74, 6) is -0.422. The van der Waals surface area contributed by atoms with E-state index in [2.05, 4.69) is 5.32 Å². The summed E-state index contributed by atoms with van der Waals surface area (Å²) in [6.45, 7) is 6.75. The molecule has 0 heterocycles. The van der Waals surface area contributed by atoms with Crippen LogP contribution in [0.3, 0.4) is 0 Å². The summed E-state index contributed by atoms with van der Waals surface area (Å²) in [7, 11) is 0. The first kappa shape index (κ1) is 22.9. The van der Waals surface area contributed by atoms with Gasteiger partial charge in [0, 0.05) is 24.3 Å². The van der Waals surface area contributed by atoms with E-state index in [1.807, 2.05) is 45.0 Å². The molecule has 7 heteroatoms. The van der Waals surface area contributed by atoms with Crippen molar-refractivity contribution in [2.45, 2.75) is 27.2 Å². The van der Waals surface area contributed by atoms with E-state index >= 15 is 0 Å². The lowest BCUT2D eigenvalue weighted by Crippen LogP contribution is -2.30. The van der Waals surface area contributed by atoms with Gasteiger partial charge in [-0.2, -0.15) is 0 Å². The highest BCUT2D eigenvalue weighted by atomic mass is 16.5. The van der Waals surface area contributed by atoms with Gasteiger partial charge in [0.2, 0.25) is 0 Å². The second kappa shape index (κ2) is 11.6. The summed E-state index contributed by atoms with van der Waals surface area (Å²) in [6.07, 6.45) is 0.0368. The molecular weight excluding hydrogens is 384 g/mol. The number of ether oxygens (including phenoxy) is 2. The van der Waals surface area contributed by atoms with Gasteiger partial charge in [-0.15, -0.1) is 0 Å². The van der Waals surface area contributed by atoms with Crippen molar-refractivity contribution < 1.29 is 23.9 Å². The second-order valence-electron chi connectivity index (χ2n) is 6.68. The van der Waals surface area contributed by atoms with E-state index in [4.69, 9.17) is 9.47 Å². The summed E-state index contributed by atoms with van der Waals surface area (Å²) < 4.78 is 10.5. The van der Waals surface area contributed by atoms with E-state index in [0.29, 0.717) is 30.1 Å². The molecule has 160 valence electrons. The maximum atomic E-state index is 12.4. The fraction of sp³-hybridized carbons (Fsp3) is 0.348. The van der Waals surface area contributed by atoms with Gasteiger partial charge in [0.1, 0.15) is 5.75 Å². The number of rotatable bonds is 10. The highest BCUT2D eigenvalue weighted by Gasteiger charge is 2.14. The Kier molecular flexibility index (Phi) is 8.87. The Labute approximate surface area is 177 Å². The number of aryl methyl sites for hydroxylation is 1. The first-order valence-corrected chi connectivity index (χ1v) is 9.97. The highest BCUT2D eigenvalue weighted by Crippen LogP contribution is 2.14. The molecular formula is C23H28N2O5. The number of anilines is 1. The van der Waals surface area contributed by atoms with Crippen LogP contribution in [0.4, 0.5) is 5.69 Å². The van der Waals surface area contributed by atoms with Crippen molar-refractivity contribution in [3.05, 3.63) is 59.7 Å². The van der Waals surface area contributed by atoms with Gasteiger partial charge in [-0.3, -0.25) is 14.4 Å². The quantitative estimate of drug-likeness (QED) is 0.605. The van der Waals surface area contributed by atoms with Crippen molar-refractivity contribution in [1.82, 2.24) is 4.90 Å². The number of amides is 2. The fourth-order valence-corrected chi connectivity index (χ4v) is 2.80. The first-order valence-electron chi connectivity index (χ1n) is 9.97. The van der Waals surface area contributed by atoms with Crippen LogP contribution in [0.15, 0.2) is 48.5 Å². The maximum absolute atomic E-state index is 12.4. The van der Waals surface area contributed by atoms with Gasteiger partial charge in [0.15, 0.2) is 6.61 Å². The third kappa shape index (κ3) is 7.24. The molecule has 0 radical (unpaired) electrons. The third-order valence-electron chi connectivity index (χ3n) is 4.37. The minimum atomic E-state index is -0.525. The zero-order valence-corrected chi connectivity index (χ0v) is 17.6. The minimum Gasteiger partial charge on any atom is -0.493 e. The lowest BCUT2D eigenvalue weighted by atomic mass is 10.1. The van der Waals surface area contributed by atoms with Gasteiger partial charge in [-0.05, 0) is 56.7 Å². The molecule has 0 spiro atoms. The molecule has 0 saturated heterocycles. The minimum absolute atomic E-state index is 0.0368. The number of hydrogen-bond donors (Lipinski definition) is 1. The van der Waals surface area contributed by atoms with Crippen LogP contribution >= 0.6 is 0 Å². The lowest BCUT2D eigenvalue weighted by Gasteiger charge is -2.19. The van der Waals surface area contributed by atoms with Crippen LogP contribution in [0.1, 0.15) is 36.2 Å². The Bertz CT molecular complexity index is 877. The van der Waals surface area contributed by atoms with Gasteiger partial charge in [-0.1, -0.05) is 18.2 Å². The Hall–Kier alpha value is -3.35. The molecule has 0 bridgehead atoms. The summed E-state index contributed by atoms with van der Waals surface area (Å²) in [5, 5.41) is 2.64. The van der Waals surface area contributed by atoms with Crippen LogP contribution in [-0.2, 0) is 14.3 Å². The molecule has 2 amide bonds. The molecule has 30 heavy (non-hydrogen) atoms. The van der Waals surface area contributed by atoms with Crippen molar-refractivity contribution in [3.63, 3.8) is 0 Å². The van der Waals surface area contributed by atoms with Crippen molar-refractivity contribution >= 4 is 23.5 Å². The van der Waals surface area contributed by atoms with Crippen LogP contribution in [0.2, 0.25) is 0 Å². The van der Waals surface area contributed by atoms with Crippen LogP contribution in [-0.4, -0.2) is 49.0 Å². The average Bonchev–Trinajstić information content (AvgIpc) is 2.73. The lowest BCUT2D eigenvalue weighted by molar-refractivity contribution is -0.147. The molecule has 1 N–H and O–H groups in total. The van der Waals surface area contributed by atoms with E-state index in [9.17, 15) is 14.4 Å². The number of nitrogens with zero attached hydrogens (tertiary/aromatic N) is 1. The number of esters is 1. The molecule has 0 aliphatic carbocycles. The summed E-state index contributed by atoms with van der Waals surface area (Å²) in [4.78, 5) is 38.0.